The smallest absolute Gasteiger partial charge is 0.266 e. The number of aromatic nitrogens is 3. The van der Waals surface area contributed by atoms with Gasteiger partial charge in [-0.25, -0.2) is 13.4 Å². The number of hydrogen-bond donors (Lipinski definition) is 1. The SMILES string of the molecule is Cc1ccc(NS(=O)(=O)c2cnn(C)c2)nc1. The van der Waals surface area contributed by atoms with Gasteiger partial charge in [-0.3, -0.25) is 9.40 Å². The zero-order valence-corrected chi connectivity index (χ0v) is 10.3. The Kier molecular flexibility index (Phi) is 2.84. The minimum Gasteiger partial charge on any atom is -0.274 e. The van der Waals surface area contributed by atoms with Gasteiger partial charge in [0.2, 0.25) is 0 Å². The summed E-state index contributed by atoms with van der Waals surface area (Å²) in [5, 5.41) is 3.82. The van der Waals surface area contributed by atoms with Crippen LogP contribution in [-0.2, 0) is 17.1 Å². The summed E-state index contributed by atoms with van der Waals surface area (Å²) in [5.41, 5.74) is 0.967. The summed E-state index contributed by atoms with van der Waals surface area (Å²) in [6.45, 7) is 1.88. The van der Waals surface area contributed by atoms with Crippen molar-refractivity contribution >= 4 is 15.8 Å². The van der Waals surface area contributed by atoms with Gasteiger partial charge in [0.25, 0.3) is 10.0 Å². The maximum atomic E-state index is 11.9. The molecule has 0 saturated heterocycles. The van der Waals surface area contributed by atoms with Crippen molar-refractivity contribution in [1.82, 2.24) is 14.8 Å². The van der Waals surface area contributed by atoms with E-state index < -0.39 is 10.0 Å². The standard InChI is InChI=1S/C10H12N4O2S/c1-8-3-4-10(11-5-8)13-17(15,16)9-6-12-14(2)7-9/h3-7H,1-2H3,(H,11,13). The largest absolute Gasteiger partial charge is 0.274 e. The highest BCUT2D eigenvalue weighted by Crippen LogP contribution is 2.13. The van der Waals surface area contributed by atoms with Crippen molar-refractivity contribution in [3.63, 3.8) is 0 Å². The molecule has 1 N–H and O–H groups in total. The van der Waals surface area contributed by atoms with Crippen LogP contribution in [0.25, 0.3) is 0 Å². The fourth-order valence-corrected chi connectivity index (χ4v) is 2.25. The first-order valence-electron chi connectivity index (χ1n) is 4.91. The van der Waals surface area contributed by atoms with E-state index in [0.29, 0.717) is 5.82 Å². The van der Waals surface area contributed by atoms with E-state index in [4.69, 9.17) is 0 Å². The zero-order valence-electron chi connectivity index (χ0n) is 9.45. The molecule has 0 saturated carbocycles. The molecule has 7 heteroatoms. The summed E-state index contributed by atoms with van der Waals surface area (Å²) in [5.74, 6) is 0.291. The summed E-state index contributed by atoms with van der Waals surface area (Å²) >= 11 is 0. The van der Waals surface area contributed by atoms with Gasteiger partial charge in [-0.2, -0.15) is 5.10 Å². The lowest BCUT2D eigenvalue weighted by Gasteiger charge is -2.04. The molecule has 0 aliphatic rings. The van der Waals surface area contributed by atoms with Gasteiger partial charge in [-0.15, -0.1) is 0 Å². The fraction of sp³-hybridized carbons (Fsp3) is 0.200. The summed E-state index contributed by atoms with van der Waals surface area (Å²) in [6, 6.07) is 3.40. The lowest BCUT2D eigenvalue weighted by Crippen LogP contribution is -2.13. The highest BCUT2D eigenvalue weighted by Gasteiger charge is 2.16. The molecule has 2 rings (SSSR count). The lowest BCUT2D eigenvalue weighted by molar-refractivity contribution is 0.601. The van der Waals surface area contributed by atoms with Gasteiger partial charge in [0.15, 0.2) is 0 Å². The molecule has 17 heavy (non-hydrogen) atoms. The quantitative estimate of drug-likeness (QED) is 0.881. The van der Waals surface area contributed by atoms with Crippen LogP contribution < -0.4 is 4.72 Å². The molecule has 0 spiro atoms. The molecule has 0 bridgehead atoms. The van der Waals surface area contributed by atoms with Crippen LogP contribution in [0.15, 0.2) is 35.6 Å². The minimum absolute atomic E-state index is 0.113. The van der Waals surface area contributed by atoms with Crippen molar-refractivity contribution in [3.05, 3.63) is 36.3 Å². The number of nitrogens with zero attached hydrogens (tertiary/aromatic N) is 3. The normalized spacial score (nSPS) is 11.4. The monoisotopic (exact) mass is 252 g/mol. The molecule has 0 fully saturated rings. The van der Waals surface area contributed by atoms with Gasteiger partial charge in [0.1, 0.15) is 10.7 Å². The topological polar surface area (TPSA) is 76.9 Å². The summed E-state index contributed by atoms with van der Waals surface area (Å²) in [4.78, 5) is 4.09. The molecule has 0 radical (unpaired) electrons. The van der Waals surface area contributed by atoms with Crippen molar-refractivity contribution in [1.29, 1.82) is 0 Å². The Morgan fingerprint density at radius 2 is 2.06 bits per heavy atom. The van der Waals surface area contributed by atoms with E-state index in [1.165, 1.54) is 17.1 Å². The Balaban J connectivity index is 2.26. The molecule has 0 aliphatic carbocycles. The Morgan fingerprint density at radius 1 is 1.29 bits per heavy atom. The highest BCUT2D eigenvalue weighted by molar-refractivity contribution is 7.92. The summed E-state index contributed by atoms with van der Waals surface area (Å²) < 4.78 is 27.6. The number of aryl methyl sites for hydroxylation is 2. The summed E-state index contributed by atoms with van der Waals surface area (Å²) in [6.07, 6.45) is 4.31. The highest BCUT2D eigenvalue weighted by atomic mass is 32.2. The summed E-state index contributed by atoms with van der Waals surface area (Å²) in [7, 11) is -1.95. The maximum Gasteiger partial charge on any atom is 0.266 e. The molecule has 0 amide bonds. The van der Waals surface area contributed by atoms with E-state index >= 15 is 0 Å². The van der Waals surface area contributed by atoms with Crippen molar-refractivity contribution in [2.24, 2.45) is 7.05 Å². The third kappa shape index (κ3) is 2.62. The van der Waals surface area contributed by atoms with E-state index in [-0.39, 0.29) is 4.90 Å². The molecule has 90 valence electrons. The van der Waals surface area contributed by atoms with Crippen LogP contribution in [0.2, 0.25) is 0 Å². The Hall–Kier alpha value is -1.89. The lowest BCUT2D eigenvalue weighted by atomic mass is 10.3. The van der Waals surface area contributed by atoms with E-state index in [0.717, 1.165) is 5.56 Å². The molecule has 0 aromatic carbocycles. The van der Waals surface area contributed by atoms with Crippen LogP contribution in [0.5, 0.6) is 0 Å². The van der Waals surface area contributed by atoms with Gasteiger partial charge in [-0.05, 0) is 18.6 Å². The van der Waals surface area contributed by atoms with Crippen molar-refractivity contribution < 1.29 is 8.42 Å². The number of anilines is 1. The maximum absolute atomic E-state index is 11.9. The van der Waals surface area contributed by atoms with E-state index in [2.05, 4.69) is 14.8 Å². The Bertz CT molecular complexity index is 616. The number of pyridine rings is 1. The number of sulfonamides is 1. The van der Waals surface area contributed by atoms with Gasteiger partial charge in [-0.1, -0.05) is 6.07 Å². The van der Waals surface area contributed by atoms with Gasteiger partial charge in [0.05, 0.1) is 6.20 Å². The molecule has 2 heterocycles. The molecule has 0 atom stereocenters. The minimum atomic E-state index is -3.60. The van der Waals surface area contributed by atoms with Crippen LogP contribution in [0, 0.1) is 6.92 Å². The average molecular weight is 252 g/mol. The van der Waals surface area contributed by atoms with Crippen molar-refractivity contribution in [2.75, 3.05) is 4.72 Å². The molecule has 2 aromatic heterocycles. The van der Waals surface area contributed by atoms with Gasteiger partial charge in [0, 0.05) is 19.4 Å². The van der Waals surface area contributed by atoms with E-state index in [1.54, 1.807) is 25.4 Å². The molecule has 6 nitrogen and oxygen atoms in total. The fourth-order valence-electron chi connectivity index (χ4n) is 1.26. The third-order valence-electron chi connectivity index (χ3n) is 2.14. The molecule has 0 unspecified atom stereocenters. The first kappa shape index (κ1) is 11.6. The number of nitrogens with one attached hydrogen (secondary N) is 1. The van der Waals surface area contributed by atoms with Crippen LogP contribution in [0.1, 0.15) is 5.56 Å². The Morgan fingerprint density at radius 3 is 2.59 bits per heavy atom. The van der Waals surface area contributed by atoms with Crippen molar-refractivity contribution in [2.45, 2.75) is 11.8 Å². The predicted octanol–water partition coefficient (Wildman–Crippen LogP) is 0.924. The second-order valence-corrected chi connectivity index (χ2v) is 5.36. The van der Waals surface area contributed by atoms with Crippen molar-refractivity contribution in [3.8, 4) is 0 Å². The molecule has 0 aliphatic heterocycles. The predicted molar refractivity (Wildman–Crippen MR) is 63.0 cm³/mol. The second-order valence-electron chi connectivity index (χ2n) is 3.68. The number of rotatable bonds is 3. The van der Waals surface area contributed by atoms with Crippen LogP contribution >= 0.6 is 0 Å². The van der Waals surface area contributed by atoms with Gasteiger partial charge >= 0.3 is 0 Å². The molecular formula is C10H12N4O2S. The van der Waals surface area contributed by atoms with Crippen LogP contribution in [0.4, 0.5) is 5.82 Å². The molecular weight excluding hydrogens is 240 g/mol. The first-order chi connectivity index (χ1) is 7.97. The van der Waals surface area contributed by atoms with Crippen LogP contribution in [-0.4, -0.2) is 23.2 Å². The first-order valence-corrected chi connectivity index (χ1v) is 6.40. The number of hydrogen-bond acceptors (Lipinski definition) is 4. The second kappa shape index (κ2) is 4.17. The van der Waals surface area contributed by atoms with Crippen LogP contribution in [0.3, 0.4) is 0 Å². The van der Waals surface area contributed by atoms with Gasteiger partial charge < -0.3 is 0 Å². The zero-order chi connectivity index (χ0) is 12.5. The Labute approximate surface area is 99.4 Å². The third-order valence-corrected chi connectivity index (χ3v) is 3.45. The average Bonchev–Trinajstić information content (AvgIpc) is 2.69. The van der Waals surface area contributed by atoms with E-state index in [1.807, 2.05) is 6.92 Å². The molecule has 2 aromatic rings. The van der Waals surface area contributed by atoms with E-state index in [9.17, 15) is 8.42 Å².